The zero-order chi connectivity index (χ0) is 14.9. The fourth-order valence-electron chi connectivity index (χ4n) is 1.81. The molecule has 0 aliphatic heterocycles. The van der Waals surface area contributed by atoms with Gasteiger partial charge in [-0.2, -0.15) is 9.71 Å². The second-order valence-corrected chi connectivity index (χ2v) is 6.17. The number of hydrogen-bond donors (Lipinski definition) is 2. The average molecular weight is 338 g/mol. The van der Waals surface area contributed by atoms with Crippen molar-refractivity contribution in [3.8, 4) is 11.6 Å². The number of ether oxygens (including phenoxy) is 1. The first-order valence-electron chi connectivity index (χ1n) is 6.10. The normalized spacial score (nSPS) is 11.4. The first kappa shape index (κ1) is 14.6. The predicted octanol–water partition coefficient (Wildman–Crippen LogP) is 3.45. The lowest BCUT2D eigenvalue weighted by Crippen LogP contribution is -2.31. The van der Waals surface area contributed by atoms with E-state index in [2.05, 4.69) is 20.9 Å². The number of benzene rings is 1. The Kier molecular flexibility index (Phi) is 3.85. The second-order valence-electron chi connectivity index (χ2n) is 5.38. The van der Waals surface area contributed by atoms with E-state index in [9.17, 15) is 5.21 Å². The molecule has 2 N–H and O–H groups in total. The molecule has 0 bridgehead atoms. The van der Waals surface area contributed by atoms with Crippen LogP contribution in [0.15, 0.2) is 34.8 Å². The van der Waals surface area contributed by atoms with Crippen molar-refractivity contribution < 1.29 is 9.94 Å². The highest BCUT2D eigenvalue weighted by Gasteiger charge is 2.26. The standard InChI is InChI=1S/C14H16BrN3O2/c1-14(2,3)11-10(15)12(17-13(16)18(11)19)20-9-7-5-4-6-8-9/h4-8,16,19H,1-3H3. The summed E-state index contributed by atoms with van der Waals surface area (Å²) >= 11 is 3.41. The minimum Gasteiger partial charge on any atom is -0.438 e. The van der Waals surface area contributed by atoms with Gasteiger partial charge < -0.3 is 9.94 Å². The van der Waals surface area contributed by atoms with E-state index in [1.54, 1.807) is 12.1 Å². The lowest BCUT2D eigenvalue weighted by atomic mass is 9.92. The molecule has 6 heteroatoms. The van der Waals surface area contributed by atoms with E-state index in [-0.39, 0.29) is 16.9 Å². The molecule has 0 aliphatic rings. The van der Waals surface area contributed by atoms with Gasteiger partial charge in [-0.3, -0.25) is 5.41 Å². The number of hydrogen-bond acceptors (Lipinski definition) is 4. The van der Waals surface area contributed by atoms with Crippen molar-refractivity contribution in [3.63, 3.8) is 0 Å². The fourth-order valence-corrected chi connectivity index (χ4v) is 2.74. The Bertz CT molecular complexity index is 675. The molecule has 1 aromatic carbocycles. The number of nitrogens with one attached hydrogen (secondary N) is 1. The monoisotopic (exact) mass is 337 g/mol. The smallest absolute Gasteiger partial charge is 0.259 e. The Morgan fingerprint density at radius 2 is 1.85 bits per heavy atom. The average Bonchev–Trinajstić information content (AvgIpc) is 2.36. The third-order valence-electron chi connectivity index (χ3n) is 2.68. The molecule has 5 nitrogen and oxygen atoms in total. The minimum atomic E-state index is -0.374. The Balaban J connectivity index is 2.56. The third kappa shape index (κ3) is 2.85. The van der Waals surface area contributed by atoms with Crippen LogP contribution in [-0.4, -0.2) is 14.9 Å². The van der Waals surface area contributed by atoms with E-state index in [1.807, 2.05) is 39.0 Å². The van der Waals surface area contributed by atoms with Crippen molar-refractivity contribution in [3.05, 3.63) is 46.1 Å². The van der Waals surface area contributed by atoms with Gasteiger partial charge in [0.25, 0.3) is 5.62 Å². The van der Waals surface area contributed by atoms with Gasteiger partial charge in [-0.05, 0) is 28.1 Å². The number of aromatic nitrogens is 2. The van der Waals surface area contributed by atoms with Gasteiger partial charge in [-0.15, -0.1) is 0 Å². The van der Waals surface area contributed by atoms with Crippen LogP contribution in [0, 0.1) is 5.41 Å². The first-order chi connectivity index (χ1) is 9.30. The summed E-state index contributed by atoms with van der Waals surface area (Å²) in [6, 6.07) is 9.19. The van der Waals surface area contributed by atoms with Crippen molar-refractivity contribution >= 4 is 15.9 Å². The van der Waals surface area contributed by atoms with Gasteiger partial charge in [0.15, 0.2) is 0 Å². The van der Waals surface area contributed by atoms with Crippen LogP contribution in [0.25, 0.3) is 0 Å². The summed E-state index contributed by atoms with van der Waals surface area (Å²) in [5, 5.41) is 17.7. The van der Waals surface area contributed by atoms with Gasteiger partial charge in [-0.1, -0.05) is 39.0 Å². The largest absolute Gasteiger partial charge is 0.438 e. The summed E-state index contributed by atoms with van der Waals surface area (Å²) in [4.78, 5) is 3.95. The van der Waals surface area contributed by atoms with Crippen LogP contribution < -0.4 is 10.4 Å². The van der Waals surface area contributed by atoms with Gasteiger partial charge >= 0.3 is 0 Å². The molecule has 1 heterocycles. The summed E-state index contributed by atoms with van der Waals surface area (Å²) in [7, 11) is 0. The van der Waals surface area contributed by atoms with Crippen LogP contribution in [0.5, 0.6) is 11.6 Å². The molecule has 0 saturated heterocycles. The number of nitrogens with zero attached hydrogens (tertiary/aromatic N) is 2. The van der Waals surface area contributed by atoms with Crippen molar-refractivity contribution in [1.29, 1.82) is 5.41 Å². The van der Waals surface area contributed by atoms with Crippen LogP contribution in [0.4, 0.5) is 0 Å². The summed E-state index contributed by atoms with van der Waals surface area (Å²) in [6.07, 6.45) is 0. The van der Waals surface area contributed by atoms with Crippen LogP contribution in [-0.2, 0) is 5.41 Å². The molecule has 0 radical (unpaired) electrons. The summed E-state index contributed by atoms with van der Waals surface area (Å²) in [6.45, 7) is 5.81. The molecule has 0 spiro atoms. The topological polar surface area (TPSA) is 71.1 Å². The van der Waals surface area contributed by atoms with Gasteiger partial charge in [0, 0.05) is 5.41 Å². The Morgan fingerprint density at radius 3 is 2.40 bits per heavy atom. The minimum absolute atomic E-state index is 0.261. The van der Waals surface area contributed by atoms with E-state index in [0.717, 1.165) is 4.73 Å². The Hall–Kier alpha value is -1.82. The van der Waals surface area contributed by atoms with Gasteiger partial charge in [0.1, 0.15) is 10.2 Å². The number of rotatable bonds is 2. The quantitative estimate of drug-likeness (QED) is 0.824. The van der Waals surface area contributed by atoms with E-state index in [1.165, 1.54) is 0 Å². The lowest BCUT2D eigenvalue weighted by molar-refractivity contribution is 0.142. The fraction of sp³-hybridized carbons (Fsp3) is 0.286. The Labute approximate surface area is 125 Å². The molecule has 0 unspecified atom stereocenters. The summed E-state index contributed by atoms with van der Waals surface area (Å²) < 4.78 is 6.98. The molecule has 0 fully saturated rings. The molecule has 1 aromatic heterocycles. The molecule has 0 saturated carbocycles. The van der Waals surface area contributed by atoms with E-state index in [0.29, 0.717) is 15.9 Å². The van der Waals surface area contributed by atoms with E-state index in [4.69, 9.17) is 10.1 Å². The van der Waals surface area contributed by atoms with Crippen molar-refractivity contribution in [2.45, 2.75) is 26.2 Å². The highest BCUT2D eigenvalue weighted by Crippen LogP contribution is 2.35. The summed E-state index contributed by atoms with van der Waals surface area (Å²) in [5.41, 5.74) is -0.117. The Morgan fingerprint density at radius 1 is 1.25 bits per heavy atom. The zero-order valence-corrected chi connectivity index (χ0v) is 13.1. The second kappa shape index (κ2) is 5.28. The van der Waals surface area contributed by atoms with Crippen LogP contribution in [0.2, 0.25) is 0 Å². The van der Waals surface area contributed by atoms with Crippen molar-refractivity contribution in [2.75, 3.05) is 0 Å². The molecule has 2 aromatic rings. The maximum Gasteiger partial charge on any atom is 0.259 e. The summed E-state index contributed by atoms with van der Waals surface area (Å²) in [5.74, 6) is 0.882. The van der Waals surface area contributed by atoms with Gasteiger partial charge in [0.2, 0.25) is 5.88 Å². The lowest BCUT2D eigenvalue weighted by Gasteiger charge is -2.23. The van der Waals surface area contributed by atoms with Crippen molar-refractivity contribution in [1.82, 2.24) is 9.71 Å². The first-order valence-corrected chi connectivity index (χ1v) is 6.90. The molecule has 0 amide bonds. The molecule has 20 heavy (non-hydrogen) atoms. The highest BCUT2D eigenvalue weighted by atomic mass is 79.9. The zero-order valence-electron chi connectivity index (χ0n) is 11.5. The van der Waals surface area contributed by atoms with E-state index < -0.39 is 0 Å². The van der Waals surface area contributed by atoms with Gasteiger partial charge in [0.05, 0.1) is 5.69 Å². The third-order valence-corrected chi connectivity index (χ3v) is 3.40. The van der Waals surface area contributed by atoms with Gasteiger partial charge in [-0.25, -0.2) is 0 Å². The van der Waals surface area contributed by atoms with Crippen molar-refractivity contribution in [2.24, 2.45) is 0 Å². The predicted molar refractivity (Wildman–Crippen MR) is 78.2 cm³/mol. The number of para-hydroxylation sites is 1. The number of halogens is 1. The van der Waals surface area contributed by atoms with Crippen LogP contribution >= 0.6 is 15.9 Å². The van der Waals surface area contributed by atoms with Crippen LogP contribution in [0.3, 0.4) is 0 Å². The molecule has 2 rings (SSSR count). The molecule has 0 aliphatic carbocycles. The van der Waals surface area contributed by atoms with E-state index >= 15 is 0 Å². The molecular weight excluding hydrogens is 322 g/mol. The molecular formula is C14H16BrN3O2. The molecule has 0 atom stereocenters. The SMILES string of the molecule is CC(C)(C)c1c(Br)c(Oc2ccccc2)nc(=N)n1O. The maximum atomic E-state index is 9.99. The molecule has 106 valence electrons. The maximum absolute atomic E-state index is 9.99. The van der Waals surface area contributed by atoms with Crippen LogP contribution in [0.1, 0.15) is 26.5 Å². The highest BCUT2D eigenvalue weighted by molar-refractivity contribution is 9.10.